The Morgan fingerprint density at radius 1 is 1.07 bits per heavy atom. The largest absolute Gasteiger partial charge is 0.286 e. The van der Waals surface area contributed by atoms with Crippen LogP contribution in [0.2, 0.25) is 0 Å². The van der Waals surface area contributed by atoms with E-state index in [0.29, 0.717) is 12.2 Å². The van der Waals surface area contributed by atoms with Gasteiger partial charge in [-0.1, -0.05) is 71.5 Å². The number of aliphatic imine (C=N–C) groups is 1. The average Bonchev–Trinajstić information content (AvgIpc) is 2.90. The summed E-state index contributed by atoms with van der Waals surface area (Å²) in [5.41, 5.74) is 6.56. The molecule has 6 nitrogen and oxygen atoms in total. The minimum Gasteiger partial charge on any atom is -0.286 e. The third kappa shape index (κ3) is 11.8. The summed E-state index contributed by atoms with van der Waals surface area (Å²) in [6, 6.07) is 18.2. The van der Waals surface area contributed by atoms with Crippen LogP contribution in [0.15, 0.2) is 64.7 Å². The normalized spacial score (nSPS) is 13.5. The predicted molar refractivity (Wildman–Crippen MR) is 125 cm³/mol. The molecule has 1 aliphatic rings. The maximum Gasteiger partial charge on any atom is 0.261 e. The lowest BCUT2D eigenvalue weighted by molar-refractivity contribution is 0.490. The summed E-state index contributed by atoms with van der Waals surface area (Å²) in [5.74, 6) is 0.487. The highest BCUT2D eigenvalue weighted by molar-refractivity contribution is 7.85. The molecule has 3 rings (SSSR count). The smallest absolute Gasteiger partial charge is 0.261 e. The first-order valence-electron chi connectivity index (χ1n) is 8.90. The van der Waals surface area contributed by atoms with Gasteiger partial charge in [0.15, 0.2) is 0 Å². The highest BCUT2D eigenvalue weighted by atomic mass is 32.2. The Bertz CT molecular complexity index is 883. The van der Waals surface area contributed by atoms with Gasteiger partial charge in [0.1, 0.15) is 0 Å². The molecule has 0 atom stereocenters. The second-order valence-corrected chi connectivity index (χ2v) is 8.70. The van der Waals surface area contributed by atoms with Gasteiger partial charge in [-0.25, -0.2) is 0 Å². The van der Waals surface area contributed by atoms with Gasteiger partial charge in [-0.15, -0.1) is 0 Å². The fourth-order valence-corrected chi connectivity index (χ4v) is 2.21. The molecule has 7 heteroatoms. The molecular weight excluding hydrogens is 386 g/mol. The van der Waals surface area contributed by atoms with Gasteiger partial charge in [-0.3, -0.25) is 15.0 Å². The first-order chi connectivity index (χ1) is 13.0. The van der Waals surface area contributed by atoms with Crippen LogP contribution in [0.5, 0.6) is 0 Å². The fourth-order valence-electron chi connectivity index (χ4n) is 2.21. The molecule has 0 unspecified atom stereocenters. The maximum absolute atomic E-state index is 9.19. The van der Waals surface area contributed by atoms with Gasteiger partial charge < -0.3 is 0 Å². The molecule has 29 heavy (non-hydrogen) atoms. The van der Waals surface area contributed by atoms with Gasteiger partial charge in [0.05, 0.1) is 17.6 Å². The van der Waals surface area contributed by atoms with E-state index in [0.717, 1.165) is 11.4 Å². The maximum atomic E-state index is 9.19. The van der Waals surface area contributed by atoms with Crippen LogP contribution in [0.1, 0.15) is 40.7 Å². The number of anilines is 1. The zero-order chi connectivity index (χ0) is 21.2. The molecule has 160 valence electrons. The first-order valence-corrected chi connectivity index (χ1v) is 10.8. The van der Waals surface area contributed by atoms with Crippen LogP contribution in [0.3, 0.4) is 0 Å². The third-order valence-electron chi connectivity index (χ3n) is 3.46. The molecule has 2 aromatic carbocycles. The van der Waals surface area contributed by atoms with Crippen LogP contribution in [0, 0.1) is 5.92 Å². The summed E-state index contributed by atoms with van der Waals surface area (Å²) in [6.07, 6.45) is 4.61. The Kier molecular flexibility index (Phi) is 11.1. The number of hydrogen-bond donors (Lipinski definition) is 2. The molecule has 0 amide bonds. The number of nitrogens with zero attached hydrogens (tertiary/aromatic N) is 2. The number of hydrazone groups is 1. The summed E-state index contributed by atoms with van der Waals surface area (Å²) in [4.78, 5) is 4.33. The zero-order valence-corrected chi connectivity index (χ0v) is 17.8. The minimum atomic E-state index is -3.67. The van der Waals surface area contributed by atoms with Gasteiger partial charge in [0, 0.05) is 17.8 Å². The topological polar surface area (TPSA) is 91.1 Å². The van der Waals surface area contributed by atoms with Crippen molar-refractivity contribution in [2.75, 3.05) is 11.7 Å². The lowest BCUT2D eigenvalue weighted by atomic mass is 9.87. The molecule has 0 radical (unpaired) electrons. The number of nitrogens with one attached hydrogen (secondary N) is 1. The van der Waals surface area contributed by atoms with E-state index in [1.165, 1.54) is 5.56 Å². The van der Waals surface area contributed by atoms with Gasteiger partial charge in [-0.2, -0.15) is 13.5 Å². The van der Waals surface area contributed by atoms with E-state index in [1.54, 1.807) is 0 Å². The van der Waals surface area contributed by atoms with E-state index >= 15 is 0 Å². The molecule has 0 saturated carbocycles. The van der Waals surface area contributed by atoms with Crippen molar-refractivity contribution in [2.45, 2.75) is 40.5 Å². The molecular formula is C22H33N3O3S. The van der Waals surface area contributed by atoms with Gasteiger partial charge in [-0.05, 0) is 29.7 Å². The Labute approximate surface area is 175 Å². The van der Waals surface area contributed by atoms with Crippen molar-refractivity contribution < 1.29 is 13.0 Å². The number of rotatable bonds is 3. The lowest BCUT2D eigenvalue weighted by Crippen LogP contribution is -2.14. The van der Waals surface area contributed by atoms with Crippen molar-refractivity contribution in [1.29, 1.82) is 0 Å². The zero-order valence-electron chi connectivity index (χ0n) is 17.0. The van der Waals surface area contributed by atoms with Crippen LogP contribution in [0.25, 0.3) is 0 Å². The van der Waals surface area contributed by atoms with Crippen LogP contribution in [-0.2, 0) is 15.5 Å². The number of benzene rings is 2. The highest BCUT2D eigenvalue weighted by Crippen LogP contribution is 2.35. The SMILES string of the molecule is C.CC(C)/C=N/Nc1ccccc1.CC1(C)C=Nc2ccccc21.CS(=O)(=O)O. The van der Waals surface area contributed by atoms with Crippen molar-refractivity contribution in [3.63, 3.8) is 0 Å². The fraction of sp³-hybridized carbons (Fsp3) is 0.364. The van der Waals surface area contributed by atoms with Crippen LogP contribution < -0.4 is 5.43 Å². The van der Waals surface area contributed by atoms with E-state index in [9.17, 15) is 8.42 Å². The van der Waals surface area contributed by atoms with Gasteiger partial charge in [0.25, 0.3) is 10.1 Å². The molecule has 0 spiro atoms. The van der Waals surface area contributed by atoms with Crippen LogP contribution in [0.4, 0.5) is 11.4 Å². The van der Waals surface area contributed by atoms with Crippen molar-refractivity contribution in [2.24, 2.45) is 16.0 Å². The van der Waals surface area contributed by atoms with Crippen molar-refractivity contribution >= 4 is 33.9 Å². The average molecular weight is 420 g/mol. The lowest BCUT2D eigenvalue weighted by Gasteiger charge is -2.14. The monoisotopic (exact) mass is 419 g/mol. The Hall–Kier alpha value is -2.51. The molecule has 0 fully saturated rings. The Balaban J connectivity index is 0.000000431. The summed E-state index contributed by atoms with van der Waals surface area (Å²) in [7, 11) is -3.67. The summed E-state index contributed by atoms with van der Waals surface area (Å²) >= 11 is 0. The highest BCUT2D eigenvalue weighted by Gasteiger charge is 2.25. The Morgan fingerprint density at radius 2 is 1.59 bits per heavy atom. The second-order valence-electron chi connectivity index (χ2n) is 7.23. The number of fused-ring (bicyclic) bond motifs is 1. The number of para-hydroxylation sites is 2. The molecule has 2 aromatic rings. The first kappa shape index (κ1) is 26.5. The molecule has 0 saturated heterocycles. The molecule has 1 heterocycles. The van der Waals surface area contributed by atoms with E-state index < -0.39 is 10.1 Å². The second kappa shape index (κ2) is 12.1. The van der Waals surface area contributed by atoms with Gasteiger partial charge >= 0.3 is 0 Å². The van der Waals surface area contributed by atoms with Crippen molar-refractivity contribution in [1.82, 2.24) is 0 Å². The van der Waals surface area contributed by atoms with Crippen molar-refractivity contribution in [3.05, 3.63) is 60.2 Å². The number of hydrogen-bond acceptors (Lipinski definition) is 5. The minimum absolute atomic E-state index is 0. The Morgan fingerprint density at radius 3 is 2.10 bits per heavy atom. The van der Waals surface area contributed by atoms with E-state index in [1.807, 2.05) is 48.8 Å². The van der Waals surface area contributed by atoms with E-state index in [2.05, 4.69) is 61.4 Å². The predicted octanol–water partition coefficient (Wildman–Crippen LogP) is 5.56. The van der Waals surface area contributed by atoms with Gasteiger partial charge in [0.2, 0.25) is 0 Å². The summed E-state index contributed by atoms with van der Waals surface area (Å²) in [5, 5.41) is 4.07. The quantitative estimate of drug-likeness (QED) is 0.387. The third-order valence-corrected chi connectivity index (χ3v) is 3.46. The van der Waals surface area contributed by atoms with E-state index in [-0.39, 0.29) is 12.8 Å². The van der Waals surface area contributed by atoms with Crippen LogP contribution in [-0.4, -0.2) is 31.7 Å². The van der Waals surface area contributed by atoms with E-state index in [4.69, 9.17) is 4.55 Å². The molecule has 0 aliphatic carbocycles. The van der Waals surface area contributed by atoms with Crippen molar-refractivity contribution in [3.8, 4) is 0 Å². The van der Waals surface area contributed by atoms with Crippen LogP contribution >= 0.6 is 0 Å². The molecule has 0 bridgehead atoms. The molecule has 1 aliphatic heterocycles. The standard InChI is InChI=1S/C10H14N2.C10H11N.CH4O3S.CH4/c1-9(2)8-11-12-10-6-4-3-5-7-10;1-10(2)7-11-9-6-4-3-5-8(9)10;1-5(2,3)4;/h3-9,12H,1-2H3;3-7H,1-2H3;1H3,(H,2,3,4);1H4/b11-8+;;;. The molecule has 0 aromatic heterocycles. The summed E-state index contributed by atoms with van der Waals surface area (Å²) < 4.78 is 25.9. The summed E-state index contributed by atoms with van der Waals surface area (Å²) in [6.45, 7) is 8.55. The molecule has 2 N–H and O–H groups in total.